The molecule has 0 aromatic rings. The first kappa shape index (κ1) is 23.4. The third kappa shape index (κ3) is 2.72. The summed E-state index contributed by atoms with van der Waals surface area (Å²) >= 11 is 0. The normalized spacial score (nSPS) is 56.2. The van der Waals surface area contributed by atoms with E-state index in [2.05, 4.69) is 61.5 Å². The first-order chi connectivity index (χ1) is 14.6. The molecule has 5 rings (SSSR count). The molecule has 4 fully saturated rings. The fourth-order valence-electron chi connectivity index (χ4n) is 10.7. The molecule has 0 aromatic heterocycles. The Labute approximate surface area is 197 Å². The first-order valence-electron chi connectivity index (χ1n) is 13.7. The van der Waals surface area contributed by atoms with Gasteiger partial charge in [0, 0.05) is 5.41 Å². The van der Waals surface area contributed by atoms with Crippen molar-refractivity contribution >= 4 is 0 Å². The molecule has 0 saturated heterocycles. The van der Waals surface area contributed by atoms with E-state index in [4.69, 9.17) is 0 Å². The molecule has 0 aromatic carbocycles. The van der Waals surface area contributed by atoms with Gasteiger partial charge in [0.2, 0.25) is 0 Å². The molecule has 0 spiro atoms. The van der Waals surface area contributed by atoms with Crippen molar-refractivity contribution in [3.8, 4) is 0 Å². The van der Waals surface area contributed by atoms with E-state index in [9.17, 15) is 10.2 Å². The molecule has 2 nitrogen and oxygen atoms in total. The summed E-state index contributed by atoms with van der Waals surface area (Å²) in [5, 5.41) is 22.6. The van der Waals surface area contributed by atoms with E-state index in [0.717, 1.165) is 19.3 Å². The van der Waals surface area contributed by atoms with E-state index in [1.807, 2.05) is 0 Å². The molecule has 182 valence electrons. The maximum Gasteiger partial charge on any atom is 0.0636 e. The zero-order chi connectivity index (χ0) is 23.5. The first-order valence-corrected chi connectivity index (χ1v) is 13.7. The van der Waals surface area contributed by atoms with Crippen molar-refractivity contribution in [2.75, 3.05) is 0 Å². The standard InChI is InChI=1S/C30H50O2/c1-25(2)15-16-27(5)20(17-25)19-9-10-22-28(6)13-12-23(31)26(3,4)21(28)11-14-29(22,7)30(19,8)18-24(27)32/h17,19,21-24,31-32H,9-16,18H2,1-8H3/t19-,21-,22+,23+,24+,27+,28+,29-,30-/m1/s1. The molecule has 2 heteroatoms. The minimum absolute atomic E-state index is 0.00660. The minimum atomic E-state index is -0.225. The lowest BCUT2D eigenvalue weighted by Crippen LogP contribution is -2.67. The number of hydrogen-bond donors (Lipinski definition) is 2. The van der Waals surface area contributed by atoms with Crippen molar-refractivity contribution in [2.45, 2.75) is 125 Å². The van der Waals surface area contributed by atoms with E-state index in [1.54, 1.807) is 5.57 Å². The average molecular weight is 443 g/mol. The van der Waals surface area contributed by atoms with E-state index < -0.39 is 0 Å². The van der Waals surface area contributed by atoms with Crippen LogP contribution in [-0.2, 0) is 0 Å². The lowest BCUT2D eigenvalue weighted by Gasteiger charge is -2.73. The van der Waals surface area contributed by atoms with Crippen LogP contribution in [-0.4, -0.2) is 22.4 Å². The third-order valence-corrected chi connectivity index (χ3v) is 13.1. The third-order valence-electron chi connectivity index (χ3n) is 13.1. The van der Waals surface area contributed by atoms with Gasteiger partial charge in [0.25, 0.3) is 0 Å². The predicted octanol–water partition coefficient (Wildman–Crippen LogP) is 7.14. The van der Waals surface area contributed by atoms with Crippen LogP contribution in [0.25, 0.3) is 0 Å². The molecular formula is C30H50O2. The van der Waals surface area contributed by atoms with Gasteiger partial charge in [-0.25, -0.2) is 0 Å². The molecule has 0 aliphatic heterocycles. The lowest BCUT2D eigenvalue weighted by molar-refractivity contribution is -0.238. The molecule has 0 unspecified atom stereocenters. The zero-order valence-corrected chi connectivity index (χ0v) is 22.2. The Balaban J connectivity index is 1.59. The Kier molecular flexibility index (Phi) is 4.87. The molecule has 0 bridgehead atoms. The van der Waals surface area contributed by atoms with Gasteiger partial charge in [0.15, 0.2) is 0 Å². The molecule has 0 radical (unpaired) electrons. The number of hydrogen-bond acceptors (Lipinski definition) is 2. The van der Waals surface area contributed by atoms with Crippen molar-refractivity contribution in [1.29, 1.82) is 0 Å². The number of aliphatic hydroxyl groups excluding tert-OH is 2. The van der Waals surface area contributed by atoms with Crippen molar-refractivity contribution in [3.63, 3.8) is 0 Å². The van der Waals surface area contributed by atoms with Crippen molar-refractivity contribution in [3.05, 3.63) is 11.6 Å². The van der Waals surface area contributed by atoms with Gasteiger partial charge < -0.3 is 10.2 Å². The maximum atomic E-state index is 11.7. The monoisotopic (exact) mass is 442 g/mol. The molecule has 4 saturated carbocycles. The zero-order valence-electron chi connectivity index (χ0n) is 22.2. The van der Waals surface area contributed by atoms with Crippen molar-refractivity contribution in [2.24, 2.45) is 50.2 Å². The molecule has 32 heavy (non-hydrogen) atoms. The van der Waals surface area contributed by atoms with E-state index in [-0.39, 0.29) is 39.3 Å². The topological polar surface area (TPSA) is 40.5 Å². The predicted molar refractivity (Wildman–Crippen MR) is 132 cm³/mol. The summed E-state index contributed by atoms with van der Waals surface area (Å²) in [6.07, 6.45) is 12.7. The molecular weight excluding hydrogens is 392 g/mol. The summed E-state index contributed by atoms with van der Waals surface area (Å²) in [4.78, 5) is 0. The van der Waals surface area contributed by atoms with Crippen LogP contribution in [0.1, 0.15) is 113 Å². The Hall–Kier alpha value is -0.340. The van der Waals surface area contributed by atoms with Gasteiger partial charge in [0.05, 0.1) is 12.2 Å². The average Bonchev–Trinajstić information content (AvgIpc) is 2.68. The Morgan fingerprint density at radius 3 is 2.06 bits per heavy atom. The largest absolute Gasteiger partial charge is 0.393 e. The molecule has 5 aliphatic carbocycles. The van der Waals surface area contributed by atoms with Gasteiger partial charge in [-0.3, -0.25) is 0 Å². The maximum absolute atomic E-state index is 11.7. The number of fused-ring (bicyclic) bond motifs is 7. The quantitative estimate of drug-likeness (QED) is 0.391. The Morgan fingerprint density at radius 1 is 0.688 bits per heavy atom. The Morgan fingerprint density at radius 2 is 1.38 bits per heavy atom. The highest BCUT2D eigenvalue weighted by Gasteiger charge is 2.69. The fraction of sp³-hybridized carbons (Fsp3) is 0.933. The minimum Gasteiger partial charge on any atom is -0.393 e. The van der Waals surface area contributed by atoms with Gasteiger partial charge in [-0.1, -0.05) is 67.0 Å². The van der Waals surface area contributed by atoms with Gasteiger partial charge in [0.1, 0.15) is 0 Å². The molecule has 2 N–H and O–H groups in total. The van der Waals surface area contributed by atoms with Crippen LogP contribution in [0.3, 0.4) is 0 Å². The van der Waals surface area contributed by atoms with E-state index in [1.165, 1.54) is 38.5 Å². The van der Waals surface area contributed by atoms with E-state index in [0.29, 0.717) is 23.2 Å². The Bertz CT molecular complexity index is 825. The van der Waals surface area contributed by atoms with Crippen LogP contribution in [0, 0.1) is 50.2 Å². The molecule has 5 aliphatic rings. The number of allylic oxidation sites excluding steroid dienone is 1. The highest BCUT2D eigenvalue weighted by Crippen LogP contribution is 2.76. The van der Waals surface area contributed by atoms with Gasteiger partial charge in [-0.15, -0.1) is 0 Å². The van der Waals surface area contributed by atoms with Crippen molar-refractivity contribution < 1.29 is 10.2 Å². The number of aliphatic hydroxyl groups is 2. The highest BCUT2D eigenvalue weighted by molar-refractivity contribution is 5.33. The van der Waals surface area contributed by atoms with Gasteiger partial charge >= 0.3 is 0 Å². The second kappa shape index (κ2) is 6.66. The smallest absolute Gasteiger partial charge is 0.0636 e. The van der Waals surface area contributed by atoms with Gasteiger partial charge in [-0.05, 0) is 103 Å². The SMILES string of the molecule is CC1(C)C=C2[C@H]3CC[C@H]4[C@@]5(C)CC[C@H](O)C(C)(C)[C@H]5CC[C@@]4(C)[C@]3(C)C[C@H](O)[C@@]2(C)CC1. The fourth-order valence-corrected chi connectivity index (χ4v) is 10.7. The van der Waals surface area contributed by atoms with Crippen LogP contribution < -0.4 is 0 Å². The summed E-state index contributed by atoms with van der Waals surface area (Å²) in [5.41, 5.74) is 2.55. The summed E-state index contributed by atoms with van der Waals surface area (Å²) in [5.74, 6) is 1.90. The van der Waals surface area contributed by atoms with Crippen LogP contribution in [0.4, 0.5) is 0 Å². The summed E-state index contributed by atoms with van der Waals surface area (Å²) in [7, 11) is 0. The summed E-state index contributed by atoms with van der Waals surface area (Å²) in [6.45, 7) is 19.6. The second-order valence-electron chi connectivity index (χ2n) is 15.2. The van der Waals surface area contributed by atoms with Crippen LogP contribution in [0.15, 0.2) is 11.6 Å². The van der Waals surface area contributed by atoms with Crippen molar-refractivity contribution in [1.82, 2.24) is 0 Å². The molecule has 0 amide bonds. The summed E-state index contributed by atoms with van der Waals surface area (Å²) < 4.78 is 0. The van der Waals surface area contributed by atoms with Crippen LogP contribution >= 0.6 is 0 Å². The van der Waals surface area contributed by atoms with Crippen LogP contribution in [0.5, 0.6) is 0 Å². The molecule has 9 atom stereocenters. The second-order valence-corrected chi connectivity index (χ2v) is 15.2. The number of rotatable bonds is 0. The van der Waals surface area contributed by atoms with Crippen LogP contribution in [0.2, 0.25) is 0 Å². The highest BCUT2D eigenvalue weighted by atomic mass is 16.3. The van der Waals surface area contributed by atoms with Gasteiger partial charge in [-0.2, -0.15) is 0 Å². The molecule has 0 heterocycles. The lowest BCUT2D eigenvalue weighted by atomic mass is 9.32. The van der Waals surface area contributed by atoms with E-state index >= 15 is 0 Å². The summed E-state index contributed by atoms with van der Waals surface area (Å²) in [6, 6.07) is 0.